The molecule has 0 bridgehead atoms. The van der Waals surface area contributed by atoms with E-state index in [1.54, 1.807) is 34.9 Å². The molecule has 0 saturated carbocycles. The van der Waals surface area contributed by atoms with Gasteiger partial charge in [-0.3, -0.25) is 4.57 Å². The summed E-state index contributed by atoms with van der Waals surface area (Å²) in [6.45, 7) is 11.5. The fraction of sp³-hybridized carbons (Fsp3) is 0.217. The zero-order valence-corrected chi connectivity index (χ0v) is 46.0. The van der Waals surface area contributed by atoms with E-state index in [0.29, 0.717) is 50.6 Å². The maximum absolute atomic E-state index is 8.88. The molecular weight excluding hydrogens is 1100 g/mol. The molecular formula is C69H64N4OPt-2. The molecule has 0 N–H and O–H groups in total. The first kappa shape index (κ1) is 41.0. The number of nitrogens with zero attached hydrogens (tertiary/aromatic N) is 4. The summed E-state index contributed by atoms with van der Waals surface area (Å²) in [5, 5.41) is 2.02. The summed E-state index contributed by atoms with van der Waals surface area (Å²) >= 11 is 0. The Morgan fingerprint density at radius 2 is 1.16 bits per heavy atom. The van der Waals surface area contributed by atoms with Crippen LogP contribution in [0.5, 0.6) is 11.5 Å². The molecule has 0 unspecified atom stereocenters. The van der Waals surface area contributed by atoms with E-state index in [0.717, 1.165) is 55.4 Å². The summed E-state index contributed by atoms with van der Waals surface area (Å²) in [5.41, 5.74) is 9.79. The maximum atomic E-state index is 8.88. The monoisotopic (exact) mass is 1170 g/mol. The fourth-order valence-electron chi connectivity index (χ4n) is 10.0. The van der Waals surface area contributed by atoms with E-state index < -0.39 is 20.6 Å². The van der Waals surface area contributed by atoms with Gasteiger partial charge in [0.2, 0.25) is 0 Å². The minimum absolute atomic E-state index is 0. The number of aromatic nitrogens is 4. The van der Waals surface area contributed by atoms with Gasteiger partial charge in [-0.25, -0.2) is 4.98 Å². The van der Waals surface area contributed by atoms with Crippen LogP contribution in [0.4, 0.5) is 0 Å². The van der Waals surface area contributed by atoms with Crippen LogP contribution >= 0.6 is 0 Å². The SMILES string of the molecule is [2H]C([2H])([2H])c1cc(-c2cccc(C(C)(C)C)c2)c(-[n+]2[c-]n(-c3[c-]c(Oc4[c-]c5c(cc4)c4ccccc4n5-c4cc(C(C)(C)C)ccn4)ccc3)c3cc(-c4c(C([2H])([2H])[2H])cccc4C([2H])([2H])[2H])ccc32)c(-c2cccc(C(C)(C)C)c2)c1.[Pt]. The Labute approximate surface area is 470 Å². The summed E-state index contributed by atoms with van der Waals surface area (Å²) in [6.07, 6.45) is 5.54. The van der Waals surface area contributed by atoms with Crippen molar-refractivity contribution in [1.29, 1.82) is 0 Å². The van der Waals surface area contributed by atoms with Gasteiger partial charge >= 0.3 is 0 Å². The number of aryl methyl sites for hydroxylation is 3. The van der Waals surface area contributed by atoms with Crippen molar-refractivity contribution in [2.24, 2.45) is 0 Å². The van der Waals surface area contributed by atoms with Crippen molar-refractivity contribution in [1.82, 2.24) is 14.1 Å². The van der Waals surface area contributed by atoms with E-state index in [1.165, 1.54) is 18.2 Å². The molecule has 75 heavy (non-hydrogen) atoms. The van der Waals surface area contributed by atoms with Crippen LogP contribution < -0.4 is 9.30 Å². The average molecular weight is 1170 g/mol. The second-order valence-electron chi connectivity index (χ2n) is 22.4. The molecule has 0 aliphatic carbocycles. The molecule has 378 valence electrons. The Kier molecular flexibility index (Phi) is 10.6. The molecule has 11 aromatic rings. The topological polar surface area (TPSA) is 35.9 Å². The number of hydrogen-bond acceptors (Lipinski definition) is 2. The second kappa shape index (κ2) is 19.4. The smallest absolute Gasteiger partial charge is 0.268 e. The van der Waals surface area contributed by atoms with Gasteiger partial charge in [0.1, 0.15) is 5.82 Å². The molecule has 11 rings (SSSR count). The molecule has 0 saturated heterocycles. The summed E-state index contributed by atoms with van der Waals surface area (Å²) in [7, 11) is 0. The number of fused-ring (bicyclic) bond motifs is 4. The molecule has 5 nitrogen and oxygen atoms in total. The van der Waals surface area contributed by atoms with E-state index in [4.69, 9.17) is 22.1 Å². The first-order chi connectivity index (χ1) is 38.9. The largest absolute Gasteiger partial charge is 0.510 e. The Bertz CT molecular complexity index is 4230. The number of imidazole rings is 1. The first-order valence-corrected chi connectivity index (χ1v) is 25.1. The van der Waals surface area contributed by atoms with Crippen molar-refractivity contribution in [3.8, 4) is 62.1 Å². The second-order valence-corrected chi connectivity index (χ2v) is 22.4. The summed E-state index contributed by atoms with van der Waals surface area (Å²) < 4.78 is 91.1. The minimum Gasteiger partial charge on any atom is -0.510 e. The molecule has 0 spiro atoms. The van der Waals surface area contributed by atoms with Crippen LogP contribution in [0, 0.1) is 39.0 Å². The van der Waals surface area contributed by atoms with E-state index in [-0.39, 0.29) is 59.6 Å². The van der Waals surface area contributed by atoms with Gasteiger partial charge in [0, 0.05) is 56.6 Å². The Morgan fingerprint density at radius 1 is 0.533 bits per heavy atom. The Hall–Kier alpha value is -7.33. The summed E-state index contributed by atoms with van der Waals surface area (Å²) in [5.74, 6) is 1.53. The van der Waals surface area contributed by atoms with Crippen LogP contribution in [-0.2, 0) is 37.3 Å². The number of para-hydroxylation sites is 1. The third kappa shape index (κ3) is 9.69. The van der Waals surface area contributed by atoms with Gasteiger partial charge in [0.25, 0.3) is 6.33 Å². The van der Waals surface area contributed by atoms with Gasteiger partial charge in [-0.1, -0.05) is 183 Å². The van der Waals surface area contributed by atoms with Crippen LogP contribution in [0.25, 0.3) is 83.4 Å². The maximum Gasteiger partial charge on any atom is 0.268 e. The van der Waals surface area contributed by atoms with Crippen LogP contribution in [0.3, 0.4) is 0 Å². The molecule has 0 radical (unpaired) electrons. The molecule has 0 aliphatic heterocycles. The molecule has 6 heteroatoms. The van der Waals surface area contributed by atoms with E-state index >= 15 is 0 Å². The van der Waals surface area contributed by atoms with Crippen molar-refractivity contribution in [2.75, 3.05) is 0 Å². The van der Waals surface area contributed by atoms with Gasteiger partial charge in [-0.15, -0.1) is 29.7 Å². The summed E-state index contributed by atoms with van der Waals surface area (Å²) in [6, 6.07) is 58.5. The zero-order chi connectivity index (χ0) is 59.3. The molecule has 3 heterocycles. The third-order valence-electron chi connectivity index (χ3n) is 14.0. The van der Waals surface area contributed by atoms with Crippen LogP contribution in [0.1, 0.15) is 108 Å². The molecule has 0 aliphatic rings. The Balaban J connectivity index is 0.00000786. The number of pyridine rings is 1. The van der Waals surface area contributed by atoms with Crippen LogP contribution in [-0.4, -0.2) is 14.1 Å². The van der Waals surface area contributed by atoms with Gasteiger partial charge < -0.3 is 13.9 Å². The van der Waals surface area contributed by atoms with Gasteiger partial charge in [0.05, 0.1) is 16.7 Å². The van der Waals surface area contributed by atoms with Crippen molar-refractivity contribution < 1.29 is 42.7 Å². The molecule has 0 atom stereocenters. The quantitative estimate of drug-likeness (QED) is 0.112. The van der Waals surface area contributed by atoms with E-state index in [2.05, 4.69) is 128 Å². The Morgan fingerprint density at radius 3 is 1.81 bits per heavy atom. The van der Waals surface area contributed by atoms with Crippen molar-refractivity contribution >= 4 is 32.8 Å². The van der Waals surface area contributed by atoms with Crippen LogP contribution in [0.15, 0.2) is 170 Å². The van der Waals surface area contributed by atoms with Crippen molar-refractivity contribution in [3.63, 3.8) is 0 Å². The van der Waals surface area contributed by atoms with Gasteiger partial charge in [-0.05, 0) is 133 Å². The number of rotatable bonds is 8. The van der Waals surface area contributed by atoms with Crippen molar-refractivity contribution in [3.05, 3.63) is 222 Å². The summed E-state index contributed by atoms with van der Waals surface area (Å²) in [4.78, 5) is 4.86. The van der Waals surface area contributed by atoms with Crippen LogP contribution in [0.2, 0.25) is 0 Å². The number of ether oxygens (including phenoxy) is 1. The van der Waals surface area contributed by atoms with E-state index in [9.17, 15) is 0 Å². The standard InChI is InChI=1S/C69H64N4O.Pt/c1-44-35-58(47-21-16-23-50(37-47)67(4,5)6)66(59(36-44)48-22-17-24-51(38-48)68(7,8)9)72-43-71(63-39-49(29-32-61(63)72)65-45(2)19-15-20-46(65)3)53-25-18-26-54(41-53)74-55-30-31-57-56-27-13-14-28-60(56)73(62(57)42-55)64-40-52(33-34-70-64)69(10,11)12;/h13-40H,1-12H3;/q-2;/i1D3,2D3,3D3;. The number of benzene rings is 8. The predicted octanol–water partition coefficient (Wildman–Crippen LogP) is 17.4. The molecule has 0 amide bonds. The van der Waals surface area contributed by atoms with Crippen molar-refractivity contribution in [2.45, 2.75) is 99.1 Å². The normalized spacial score (nSPS) is 14.4. The molecule has 3 aromatic heterocycles. The zero-order valence-electron chi connectivity index (χ0n) is 52.7. The van der Waals surface area contributed by atoms with Gasteiger partial charge in [-0.2, -0.15) is 18.2 Å². The third-order valence-corrected chi connectivity index (χ3v) is 14.0. The average Bonchev–Trinajstić information content (AvgIpc) is 1.98. The van der Waals surface area contributed by atoms with Gasteiger partial charge in [0.15, 0.2) is 0 Å². The van der Waals surface area contributed by atoms with E-state index in [1.807, 2.05) is 83.6 Å². The minimum atomic E-state index is -2.67. The molecule has 0 fully saturated rings. The fourth-order valence-corrected chi connectivity index (χ4v) is 10.0. The number of hydrogen-bond donors (Lipinski definition) is 0. The molecule has 8 aromatic carbocycles. The predicted molar refractivity (Wildman–Crippen MR) is 307 cm³/mol. The first-order valence-electron chi connectivity index (χ1n) is 29.6.